The third kappa shape index (κ3) is 4.42. The van der Waals surface area contributed by atoms with Crippen LogP contribution in [0.2, 0.25) is 0 Å². The van der Waals surface area contributed by atoms with Crippen LogP contribution < -0.4 is 5.32 Å². The normalized spacial score (nSPS) is 18.5. The number of nitrogens with one attached hydrogen (secondary N) is 1. The highest BCUT2D eigenvalue weighted by Crippen LogP contribution is 2.20. The van der Waals surface area contributed by atoms with Gasteiger partial charge in [-0.2, -0.15) is 0 Å². The van der Waals surface area contributed by atoms with E-state index in [-0.39, 0.29) is 23.6 Å². The maximum absolute atomic E-state index is 12.5. The Kier molecular flexibility index (Phi) is 5.91. The van der Waals surface area contributed by atoms with Gasteiger partial charge in [0.25, 0.3) is 5.91 Å². The zero-order chi connectivity index (χ0) is 18.5. The van der Waals surface area contributed by atoms with Gasteiger partial charge in [0.1, 0.15) is 0 Å². The van der Waals surface area contributed by atoms with Gasteiger partial charge >= 0.3 is 0 Å². The van der Waals surface area contributed by atoms with Gasteiger partial charge in [0.05, 0.1) is 0 Å². The Balaban J connectivity index is 1.53. The molecule has 6 heteroatoms. The minimum absolute atomic E-state index is 0.0108. The fourth-order valence-electron chi connectivity index (χ4n) is 3.68. The molecule has 1 N–H and O–H groups in total. The summed E-state index contributed by atoms with van der Waals surface area (Å²) in [6.07, 6.45) is 4.72. The van der Waals surface area contributed by atoms with Crippen molar-refractivity contribution in [3.63, 3.8) is 0 Å². The molecule has 0 aromatic heterocycles. The monoisotopic (exact) mass is 357 g/mol. The molecule has 2 heterocycles. The lowest BCUT2D eigenvalue weighted by atomic mass is 9.95. The first-order valence-corrected chi connectivity index (χ1v) is 9.50. The van der Waals surface area contributed by atoms with Gasteiger partial charge in [-0.05, 0) is 56.4 Å². The van der Waals surface area contributed by atoms with Gasteiger partial charge < -0.3 is 15.1 Å². The average molecular weight is 357 g/mol. The predicted octanol–water partition coefficient (Wildman–Crippen LogP) is 2.51. The number of rotatable bonds is 3. The van der Waals surface area contributed by atoms with Gasteiger partial charge in [-0.15, -0.1) is 0 Å². The standard InChI is InChI=1S/C20H27N3O3/c1-15(24)22-13-9-16(10-14-22)19(25)21-18-7-5-17(6-8-18)20(26)23-11-3-2-4-12-23/h5-8,16H,2-4,9-14H2,1H3,(H,21,25). The average Bonchev–Trinajstić information content (AvgIpc) is 2.68. The Morgan fingerprint density at radius 1 is 0.885 bits per heavy atom. The molecule has 1 aromatic carbocycles. The van der Waals surface area contributed by atoms with E-state index in [9.17, 15) is 14.4 Å². The Morgan fingerprint density at radius 3 is 2.08 bits per heavy atom. The largest absolute Gasteiger partial charge is 0.343 e. The summed E-state index contributed by atoms with van der Waals surface area (Å²) in [6, 6.07) is 7.15. The first-order valence-electron chi connectivity index (χ1n) is 9.50. The quantitative estimate of drug-likeness (QED) is 0.904. The van der Waals surface area contributed by atoms with E-state index in [1.54, 1.807) is 36.1 Å². The second kappa shape index (κ2) is 8.34. The first-order chi connectivity index (χ1) is 12.5. The van der Waals surface area contributed by atoms with E-state index in [1.165, 1.54) is 6.42 Å². The van der Waals surface area contributed by atoms with Crippen LogP contribution in [-0.4, -0.2) is 53.7 Å². The second-order valence-corrected chi connectivity index (χ2v) is 7.20. The number of anilines is 1. The number of benzene rings is 1. The van der Waals surface area contributed by atoms with E-state index >= 15 is 0 Å². The molecule has 2 fully saturated rings. The smallest absolute Gasteiger partial charge is 0.253 e. The molecule has 3 amide bonds. The van der Waals surface area contributed by atoms with Crippen LogP contribution in [0.15, 0.2) is 24.3 Å². The second-order valence-electron chi connectivity index (χ2n) is 7.20. The fraction of sp³-hybridized carbons (Fsp3) is 0.550. The lowest BCUT2D eigenvalue weighted by Crippen LogP contribution is -2.40. The van der Waals surface area contributed by atoms with E-state index in [1.807, 2.05) is 4.90 Å². The fourth-order valence-corrected chi connectivity index (χ4v) is 3.68. The van der Waals surface area contributed by atoms with Crippen molar-refractivity contribution in [3.8, 4) is 0 Å². The molecular formula is C20H27N3O3. The first kappa shape index (κ1) is 18.4. The lowest BCUT2D eigenvalue weighted by Gasteiger charge is -2.30. The van der Waals surface area contributed by atoms with Crippen LogP contribution in [0.4, 0.5) is 5.69 Å². The number of hydrogen-bond acceptors (Lipinski definition) is 3. The molecule has 0 saturated carbocycles. The Bertz CT molecular complexity index is 657. The van der Waals surface area contributed by atoms with E-state index in [0.29, 0.717) is 37.2 Å². The Hall–Kier alpha value is -2.37. The van der Waals surface area contributed by atoms with Crippen molar-refractivity contribution in [1.82, 2.24) is 9.80 Å². The molecule has 2 aliphatic heterocycles. The van der Waals surface area contributed by atoms with Crippen LogP contribution in [0.5, 0.6) is 0 Å². The van der Waals surface area contributed by atoms with E-state index in [4.69, 9.17) is 0 Å². The third-order valence-corrected chi connectivity index (χ3v) is 5.35. The molecule has 2 saturated heterocycles. The predicted molar refractivity (Wildman–Crippen MR) is 99.8 cm³/mol. The van der Waals surface area contributed by atoms with Gasteiger partial charge in [-0.25, -0.2) is 0 Å². The number of carbonyl (C=O) groups is 3. The molecule has 0 aliphatic carbocycles. The van der Waals surface area contributed by atoms with Crippen molar-refractivity contribution < 1.29 is 14.4 Å². The molecule has 1 aromatic rings. The van der Waals surface area contributed by atoms with Crippen molar-refractivity contribution >= 4 is 23.4 Å². The zero-order valence-corrected chi connectivity index (χ0v) is 15.4. The summed E-state index contributed by atoms with van der Waals surface area (Å²) in [5.41, 5.74) is 1.37. The number of likely N-dealkylation sites (tertiary alicyclic amines) is 2. The maximum Gasteiger partial charge on any atom is 0.253 e. The van der Waals surface area contributed by atoms with E-state index in [2.05, 4.69) is 5.32 Å². The minimum Gasteiger partial charge on any atom is -0.343 e. The van der Waals surface area contributed by atoms with Crippen molar-refractivity contribution in [2.75, 3.05) is 31.5 Å². The van der Waals surface area contributed by atoms with Crippen molar-refractivity contribution in [2.24, 2.45) is 5.92 Å². The number of nitrogens with zero attached hydrogens (tertiary/aromatic N) is 2. The number of piperidine rings is 2. The molecule has 26 heavy (non-hydrogen) atoms. The minimum atomic E-state index is -0.0692. The van der Waals surface area contributed by atoms with Gasteiger partial charge in [0.2, 0.25) is 11.8 Å². The summed E-state index contributed by atoms with van der Waals surface area (Å²) in [4.78, 5) is 39.9. The summed E-state index contributed by atoms with van der Waals surface area (Å²) in [5.74, 6) is 0.0561. The van der Waals surface area contributed by atoms with Crippen molar-refractivity contribution in [1.29, 1.82) is 0 Å². The molecule has 0 unspecified atom stereocenters. The van der Waals surface area contributed by atoms with Crippen LogP contribution in [0.1, 0.15) is 49.4 Å². The molecule has 0 radical (unpaired) electrons. The van der Waals surface area contributed by atoms with Gasteiger partial charge in [-0.1, -0.05) is 0 Å². The molecule has 2 aliphatic rings. The number of amides is 3. The van der Waals surface area contributed by atoms with Gasteiger partial charge in [0, 0.05) is 50.3 Å². The van der Waals surface area contributed by atoms with Crippen LogP contribution in [0.25, 0.3) is 0 Å². The molecule has 6 nitrogen and oxygen atoms in total. The van der Waals surface area contributed by atoms with E-state index < -0.39 is 0 Å². The van der Waals surface area contributed by atoms with Crippen LogP contribution >= 0.6 is 0 Å². The molecule has 0 atom stereocenters. The Labute approximate surface area is 154 Å². The van der Waals surface area contributed by atoms with Crippen molar-refractivity contribution in [3.05, 3.63) is 29.8 Å². The van der Waals surface area contributed by atoms with Crippen LogP contribution in [0.3, 0.4) is 0 Å². The Morgan fingerprint density at radius 2 is 1.50 bits per heavy atom. The molecule has 0 spiro atoms. The summed E-state index contributed by atoms with van der Waals surface area (Å²) in [6.45, 7) is 4.49. The highest BCUT2D eigenvalue weighted by Gasteiger charge is 2.26. The maximum atomic E-state index is 12.5. The summed E-state index contributed by atoms with van der Waals surface area (Å²) in [7, 11) is 0. The topological polar surface area (TPSA) is 69.7 Å². The SMILES string of the molecule is CC(=O)N1CCC(C(=O)Nc2ccc(C(=O)N3CCCCC3)cc2)CC1. The van der Waals surface area contributed by atoms with Crippen LogP contribution in [-0.2, 0) is 9.59 Å². The summed E-state index contributed by atoms with van der Waals surface area (Å²) < 4.78 is 0. The highest BCUT2D eigenvalue weighted by atomic mass is 16.2. The zero-order valence-electron chi connectivity index (χ0n) is 15.4. The van der Waals surface area contributed by atoms with Gasteiger partial charge in [0.15, 0.2) is 0 Å². The number of hydrogen-bond donors (Lipinski definition) is 1. The molecule has 0 bridgehead atoms. The van der Waals surface area contributed by atoms with Crippen LogP contribution in [0, 0.1) is 5.92 Å². The van der Waals surface area contributed by atoms with Crippen molar-refractivity contribution in [2.45, 2.75) is 39.0 Å². The molecule has 3 rings (SSSR count). The highest BCUT2D eigenvalue weighted by molar-refractivity contribution is 5.96. The summed E-state index contributed by atoms with van der Waals surface area (Å²) in [5, 5.41) is 2.93. The lowest BCUT2D eigenvalue weighted by molar-refractivity contribution is -0.132. The molecule has 140 valence electrons. The van der Waals surface area contributed by atoms with Gasteiger partial charge in [-0.3, -0.25) is 14.4 Å². The third-order valence-electron chi connectivity index (χ3n) is 5.35. The number of carbonyl (C=O) groups excluding carboxylic acids is 3. The molecular weight excluding hydrogens is 330 g/mol. The van der Waals surface area contributed by atoms with E-state index in [0.717, 1.165) is 25.9 Å². The summed E-state index contributed by atoms with van der Waals surface area (Å²) >= 11 is 0.